The van der Waals surface area contributed by atoms with E-state index in [4.69, 9.17) is 11.6 Å². The smallest absolute Gasteiger partial charge is 0.0337 e. The van der Waals surface area contributed by atoms with Gasteiger partial charge in [0.1, 0.15) is 0 Å². The van der Waals surface area contributed by atoms with E-state index >= 15 is 0 Å². The van der Waals surface area contributed by atoms with Crippen LogP contribution in [0.15, 0.2) is 30.3 Å². The largest absolute Gasteiger partial charge is 0.303 e. The number of hydrogen-bond acceptors (Lipinski definition) is 1. The number of alkyl halides is 1. The first-order chi connectivity index (χ1) is 9.25. The van der Waals surface area contributed by atoms with Crippen molar-refractivity contribution in [1.82, 2.24) is 4.90 Å². The molecule has 1 aromatic carbocycles. The molecule has 1 aliphatic heterocycles. The summed E-state index contributed by atoms with van der Waals surface area (Å²) in [5.74, 6) is 0.738. The summed E-state index contributed by atoms with van der Waals surface area (Å²) in [6.07, 6.45) is 6.40. The van der Waals surface area contributed by atoms with Gasteiger partial charge < -0.3 is 4.90 Å². The van der Waals surface area contributed by atoms with E-state index < -0.39 is 0 Å². The molecule has 1 heterocycles. The van der Waals surface area contributed by atoms with E-state index in [-0.39, 0.29) is 0 Å². The van der Waals surface area contributed by atoms with Crippen LogP contribution in [-0.4, -0.2) is 29.9 Å². The first-order valence-corrected chi connectivity index (χ1v) is 8.09. The second kappa shape index (κ2) is 7.91. The fourth-order valence-corrected chi connectivity index (χ4v) is 3.20. The average Bonchev–Trinajstić information content (AvgIpc) is 2.45. The van der Waals surface area contributed by atoms with Gasteiger partial charge in [0.25, 0.3) is 0 Å². The van der Waals surface area contributed by atoms with E-state index in [1.54, 1.807) is 0 Å². The van der Waals surface area contributed by atoms with Crippen LogP contribution in [0, 0.1) is 5.92 Å². The third-order valence-corrected chi connectivity index (χ3v) is 4.67. The maximum absolute atomic E-state index is 6.18. The Hall–Kier alpha value is -0.530. The van der Waals surface area contributed by atoms with Crippen LogP contribution in [0.1, 0.15) is 38.2 Å². The summed E-state index contributed by atoms with van der Waals surface area (Å²) in [5.41, 5.74) is 1.47. The predicted molar refractivity (Wildman–Crippen MR) is 83.9 cm³/mol. The zero-order valence-electron chi connectivity index (χ0n) is 12.0. The van der Waals surface area contributed by atoms with Crippen molar-refractivity contribution in [3.8, 4) is 0 Å². The minimum atomic E-state index is 0.347. The average molecular weight is 280 g/mol. The molecule has 0 radical (unpaired) electrons. The number of hydrogen-bond donors (Lipinski definition) is 0. The lowest BCUT2D eigenvalue weighted by molar-refractivity contribution is 0.181. The highest BCUT2D eigenvalue weighted by Crippen LogP contribution is 2.23. The van der Waals surface area contributed by atoms with Crippen molar-refractivity contribution in [2.75, 3.05) is 19.6 Å². The zero-order valence-corrected chi connectivity index (χ0v) is 12.8. The van der Waals surface area contributed by atoms with Crippen molar-refractivity contribution >= 4 is 11.6 Å². The fourth-order valence-electron chi connectivity index (χ4n) is 2.95. The number of halogens is 1. The number of rotatable bonds is 6. The van der Waals surface area contributed by atoms with Crippen LogP contribution >= 0.6 is 11.6 Å². The lowest BCUT2D eigenvalue weighted by Crippen LogP contribution is -2.36. The van der Waals surface area contributed by atoms with E-state index in [9.17, 15) is 0 Å². The molecule has 19 heavy (non-hydrogen) atoms. The first-order valence-electron chi connectivity index (χ1n) is 7.66. The number of aryl methyl sites for hydroxylation is 1. The molecule has 0 spiro atoms. The maximum Gasteiger partial charge on any atom is 0.0337 e. The fraction of sp³-hybridized carbons (Fsp3) is 0.647. The standard InChI is InChI=1S/C17H26ClN/c1-15(18)17-10-13-19(14-11-17)12-6-5-9-16-7-3-2-4-8-16/h2-4,7-8,15,17H,5-6,9-14H2,1H3. The molecule has 0 aromatic heterocycles. The minimum Gasteiger partial charge on any atom is -0.303 e. The Bertz CT molecular complexity index is 342. The molecular weight excluding hydrogens is 254 g/mol. The van der Waals surface area contributed by atoms with Gasteiger partial charge in [0.2, 0.25) is 0 Å². The van der Waals surface area contributed by atoms with Crippen molar-refractivity contribution < 1.29 is 0 Å². The van der Waals surface area contributed by atoms with Gasteiger partial charge in [0, 0.05) is 5.38 Å². The summed E-state index contributed by atoms with van der Waals surface area (Å²) in [5, 5.41) is 0.347. The summed E-state index contributed by atoms with van der Waals surface area (Å²) in [6.45, 7) is 5.89. The minimum absolute atomic E-state index is 0.347. The molecule has 1 atom stereocenters. The molecular formula is C17H26ClN. The molecule has 106 valence electrons. The second-order valence-electron chi connectivity index (χ2n) is 5.80. The van der Waals surface area contributed by atoms with Gasteiger partial charge in [-0.3, -0.25) is 0 Å². The quantitative estimate of drug-likeness (QED) is 0.553. The Labute approximate surface area is 123 Å². The van der Waals surface area contributed by atoms with Gasteiger partial charge in [0.05, 0.1) is 0 Å². The molecule has 1 unspecified atom stereocenters. The van der Waals surface area contributed by atoms with Crippen LogP contribution in [0.5, 0.6) is 0 Å². The Morgan fingerprint density at radius 3 is 2.47 bits per heavy atom. The normalized spacial score (nSPS) is 19.5. The van der Waals surface area contributed by atoms with Crippen LogP contribution in [0.4, 0.5) is 0 Å². The SMILES string of the molecule is CC(Cl)C1CCN(CCCCc2ccccc2)CC1. The lowest BCUT2D eigenvalue weighted by Gasteiger charge is -2.33. The zero-order chi connectivity index (χ0) is 13.5. The van der Waals surface area contributed by atoms with Crippen molar-refractivity contribution in [3.05, 3.63) is 35.9 Å². The third-order valence-electron chi connectivity index (χ3n) is 4.31. The predicted octanol–water partition coefficient (Wildman–Crippen LogP) is 4.35. The van der Waals surface area contributed by atoms with Gasteiger partial charge in [-0.1, -0.05) is 30.3 Å². The van der Waals surface area contributed by atoms with Crippen molar-refractivity contribution in [1.29, 1.82) is 0 Å². The summed E-state index contributed by atoms with van der Waals surface area (Å²) < 4.78 is 0. The van der Waals surface area contributed by atoms with Crippen LogP contribution < -0.4 is 0 Å². The Kier molecular flexibility index (Phi) is 6.19. The summed E-state index contributed by atoms with van der Waals surface area (Å²) >= 11 is 6.18. The number of nitrogens with zero attached hydrogens (tertiary/aromatic N) is 1. The van der Waals surface area contributed by atoms with Gasteiger partial charge in [-0.25, -0.2) is 0 Å². The van der Waals surface area contributed by atoms with E-state index in [0.717, 1.165) is 5.92 Å². The van der Waals surface area contributed by atoms with Gasteiger partial charge >= 0.3 is 0 Å². The van der Waals surface area contributed by atoms with Crippen LogP contribution in [0.2, 0.25) is 0 Å². The molecule has 0 aliphatic carbocycles. The van der Waals surface area contributed by atoms with Crippen molar-refractivity contribution in [2.45, 2.75) is 44.4 Å². The van der Waals surface area contributed by atoms with E-state index in [2.05, 4.69) is 42.2 Å². The number of likely N-dealkylation sites (tertiary alicyclic amines) is 1. The summed E-state index contributed by atoms with van der Waals surface area (Å²) in [7, 11) is 0. The van der Waals surface area contributed by atoms with E-state index in [1.807, 2.05) is 0 Å². The molecule has 1 nitrogen and oxygen atoms in total. The van der Waals surface area contributed by atoms with Gasteiger partial charge in [-0.2, -0.15) is 0 Å². The first kappa shape index (κ1) is 14.9. The van der Waals surface area contributed by atoms with Gasteiger partial charge in [0.15, 0.2) is 0 Å². The van der Waals surface area contributed by atoms with Crippen molar-refractivity contribution in [2.24, 2.45) is 5.92 Å². The van der Waals surface area contributed by atoms with Crippen LogP contribution in [0.25, 0.3) is 0 Å². The Balaban J connectivity index is 1.57. The molecule has 1 aliphatic rings. The van der Waals surface area contributed by atoms with E-state index in [0.29, 0.717) is 5.38 Å². The summed E-state index contributed by atoms with van der Waals surface area (Å²) in [6, 6.07) is 10.8. The second-order valence-corrected chi connectivity index (χ2v) is 6.49. The monoisotopic (exact) mass is 279 g/mol. The number of benzene rings is 1. The molecule has 0 bridgehead atoms. The highest BCUT2D eigenvalue weighted by molar-refractivity contribution is 6.20. The third kappa shape index (κ3) is 5.16. The number of unbranched alkanes of at least 4 members (excludes halogenated alkanes) is 1. The molecule has 1 aromatic rings. The van der Waals surface area contributed by atoms with Crippen LogP contribution in [0.3, 0.4) is 0 Å². The molecule has 0 amide bonds. The molecule has 1 saturated heterocycles. The Morgan fingerprint density at radius 1 is 1.16 bits per heavy atom. The molecule has 1 fully saturated rings. The maximum atomic E-state index is 6.18. The topological polar surface area (TPSA) is 3.24 Å². The lowest BCUT2D eigenvalue weighted by atomic mass is 9.94. The van der Waals surface area contributed by atoms with Crippen molar-refractivity contribution in [3.63, 3.8) is 0 Å². The molecule has 2 heteroatoms. The highest BCUT2D eigenvalue weighted by Gasteiger charge is 2.21. The van der Waals surface area contributed by atoms with E-state index in [1.165, 1.54) is 57.3 Å². The van der Waals surface area contributed by atoms with Gasteiger partial charge in [-0.05, 0) is 70.1 Å². The van der Waals surface area contributed by atoms with Gasteiger partial charge in [-0.15, -0.1) is 11.6 Å². The van der Waals surface area contributed by atoms with Crippen LogP contribution in [-0.2, 0) is 6.42 Å². The molecule has 0 N–H and O–H groups in total. The molecule has 2 rings (SSSR count). The molecule has 0 saturated carbocycles. The Morgan fingerprint density at radius 2 is 1.84 bits per heavy atom. The number of piperidine rings is 1. The summed E-state index contributed by atoms with van der Waals surface area (Å²) in [4.78, 5) is 2.61. The highest BCUT2D eigenvalue weighted by atomic mass is 35.5.